The van der Waals surface area contributed by atoms with Crippen LogP contribution in [0.5, 0.6) is 5.75 Å². The van der Waals surface area contributed by atoms with Crippen LogP contribution in [0.4, 0.5) is 5.69 Å². The van der Waals surface area contributed by atoms with Gasteiger partial charge in [-0.15, -0.1) is 0 Å². The molecule has 0 heterocycles. The minimum atomic E-state index is -3.26. The van der Waals surface area contributed by atoms with E-state index in [4.69, 9.17) is 4.74 Å². The highest BCUT2D eigenvalue weighted by molar-refractivity contribution is 14.1. The van der Waals surface area contributed by atoms with Crippen molar-refractivity contribution in [1.29, 1.82) is 0 Å². The molecule has 2 rings (SSSR count). The maximum absolute atomic E-state index is 11.2. The van der Waals surface area contributed by atoms with E-state index in [2.05, 4.69) is 27.3 Å². The number of benzene rings is 1. The molecule has 0 amide bonds. The Morgan fingerprint density at radius 1 is 1.44 bits per heavy atom. The van der Waals surface area contributed by atoms with Crippen LogP contribution in [-0.4, -0.2) is 20.8 Å². The summed E-state index contributed by atoms with van der Waals surface area (Å²) in [6, 6.07) is 5.40. The molecule has 4 nitrogen and oxygen atoms in total. The quantitative estimate of drug-likeness (QED) is 0.845. The van der Waals surface area contributed by atoms with Gasteiger partial charge >= 0.3 is 0 Å². The lowest BCUT2D eigenvalue weighted by Gasteiger charge is -2.12. The van der Waals surface area contributed by atoms with Gasteiger partial charge in [-0.25, -0.2) is 8.42 Å². The third-order valence-electron chi connectivity index (χ3n) is 2.06. The Morgan fingerprint density at radius 3 is 2.69 bits per heavy atom. The molecule has 1 fully saturated rings. The van der Waals surface area contributed by atoms with E-state index in [1.54, 1.807) is 6.07 Å². The van der Waals surface area contributed by atoms with Crippen molar-refractivity contribution in [2.45, 2.75) is 18.9 Å². The molecular weight excluding hydrogens is 341 g/mol. The third-order valence-corrected chi connectivity index (χ3v) is 3.32. The first-order valence-electron chi connectivity index (χ1n) is 4.88. The van der Waals surface area contributed by atoms with Crippen LogP contribution in [0.3, 0.4) is 0 Å². The van der Waals surface area contributed by atoms with Crippen LogP contribution in [-0.2, 0) is 10.0 Å². The summed E-state index contributed by atoms with van der Waals surface area (Å²) in [5, 5.41) is 0. The molecule has 88 valence electrons. The molecule has 1 aliphatic rings. The largest absolute Gasteiger partial charge is 0.488 e. The summed E-state index contributed by atoms with van der Waals surface area (Å²) in [5.41, 5.74) is 0.509. The predicted molar refractivity (Wildman–Crippen MR) is 71.3 cm³/mol. The fourth-order valence-electron chi connectivity index (χ4n) is 1.24. The summed E-state index contributed by atoms with van der Waals surface area (Å²) in [4.78, 5) is 0. The number of halogens is 1. The maximum atomic E-state index is 11.2. The Labute approximate surface area is 109 Å². The van der Waals surface area contributed by atoms with Crippen molar-refractivity contribution in [3.63, 3.8) is 0 Å². The van der Waals surface area contributed by atoms with Crippen molar-refractivity contribution < 1.29 is 13.2 Å². The van der Waals surface area contributed by atoms with Crippen LogP contribution in [0.25, 0.3) is 0 Å². The number of sulfonamides is 1. The molecule has 0 unspecified atom stereocenters. The van der Waals surface area contributed by atoms with Crippen molar-refractivity contribution in [3.8, 4) is 5.75 Å². The lowest BCUT2D eigenvalue weighted by molar-refractivity contribution is 0.304. The Morgan fingerprint density at radius 2 is 2.12 bits per heavy atom. The first-order chi connectivity index (χ1) is 7.44. The van der Waals surface area contributed by atoms with Crippen LogP contribution in [0.1, 0.15) is 12.8 Å². The zero-order chi connectivity index (χ0) is 11.8. The molecule has 0 spiro atoms. The first kappa shape index (κ1) is 12.0. The third kappa shape index (κ3) is 3.51. The SMILES string of the molecule is CS(=O)(=O)Nc1ccc(I)cc1OC1CC1. The molecule has 1 aromatic carbocycles. The first-order valence-corrected chi connectivity index (χ1v) is 7.85. The van der Waals surface area contributed by atoms with Crippen molar-refractivity contribution in [2.24, 2.45) is 0 Å². The molecule has 1 aromatic rings. The van der Waals surface area contributed by atoms with Crippen molar-refractivity contribution in [3.05, 3.63) is 21.8 Å². The van der Waals surface area contributed by atoms with Gasteiger partial charge in [-0.3, -0.25) is 4.72 Å². The summed E-state index contributed by atoms with van der Waals surface area (Å²) in [5.74, 6) is 0.611. The minimum absolute atomic E-state index is 0.248. The number of anilines is 1. The van der Waals surface area contributed by atoms with Gasteiger partial charge in [0.15, 0.2) is 0 Å². The van der Waals surface area contributed by atoms with Gasteiger partial charge in [-0.1, -0.05) is 0 Å². The Balaban J connectivity index is 2.27. The second kappa shape index (κ2) is 4.40. The summed E-state index contributed by atoms with van der Waals surface area (Å²) in [6.45, 7) is 0. The van der Waals surface area contributed by atoms with Crippen LogP contribution in [0.15, 0.2) is 18.2 Å². The molecule has 16 heavy (non-hydrogen) atoms. The Kier molecular flexibility index (Phi) is 3.29. The normalized spacial score (nSPS) is 15.9. The van der Waals surface area contributed by atoms with E-state index in [-0.39, 0.29) is 6.10 Å². The number of nitrogens with one attached hydrogen (secondary N) is 1. The molecule has 1 saturated carbocycles. The van der Waals surface area contributed by atoms with Crippen molar-refractivity contribution in [1.82, 2.24) is 0 Å². The molecule has 0 aromatic heterocycles. The van der Waals surface area contributed by atoms with E-state index in [0.29, 0.717) is 11.4 Å². The lowest BCUT2D eigenvalue weighted by atomic mass is 10.3. The highest BCUT2D eigenvalue weighted by Gasteiger charge is 2.25. The topological polar surface area (TPSA) is 55.4 Å². The molecule has 6 heteroatoms. The van der Waals surface area contributed by atoms with Crippen molar-refractivity contribution >= 4 is 38.3 Å². The molecular formula is C10H12INO3S. The van der Waals surface area contributed by atoms with Gasteiger partial charge < -0.3 is 4.74 Å². The van der Waals surface area contributed by atoms with Gasteiger partial charge in [0.1, 0.15) is 5.75 Å². The van der Waals surface area contributed by atoms with Crippen molar-refractivity contribution in [2.75, 3.05) is 11.0 Å². The van der Waals surface area contributed by atoms with Crippen LogP contribution >= 0.6 is 22.6 Å². The van der Waals surface area contributed by atoms with E-state index >= 15 is 0 Å². The van der Waals surface area contributed by atoms with Crippen LogP contribution < -0.4 is 9.46 Å². The molecule has 0 radical (unpaired) electrons. The molecule has 1 aliphatic carbocycles. The smallest absolute Gasteiger partial charge is 0.229 e. The zero-order valence-electron chi connectivity index (χ0n) is 8.73. The van der Waals surface area contributed by atoms with E-state index < -0.39 is 10.0 Å². The predicted octanol–water partition coefficient (Wildman–Crippen LogP) is 2.20. The monoisotopic (exact) mass is 353 g/mol. The van der Waals surface area contributed by atoms with Gasteiger partial charge in [0.25, 0.3) is 0 Å². The molecule has 0 saturated heterocycles. The fraction of sp³-hybridized carbons (Fsp3) is 0.400. The van der Waals surface area contributed by atoms with Gasteiger partial charge in [0.05, 0.1) is 18.0 Å². The second-order valence-electron chi connectivity index (χ2n) is 3.83. The lowest BCUT2D eigenvalue weighted by Crippen LogP contribution is -2.11. The summed E-state index contributed by atoms with van der Waals surface area (Å²) < 4.78 is 31.5. The van der Waals surface area contributed by atoms with Gasteiger partial charge in [-0.2, -0.15) is 0 Å². The second-order valence-corrected chi connectivity index (χ2v) is 6.83. The van der Waals surface area contributed by atoms with Gasteiger partial charge in [0, 0.05) is 3.57 Å². The number of hydrogen-bond acceptors (Lipinski definition) is 3. The molecule has 0 bridgehead atoms. The average molecular weight is 353 g/mol. The maximum Gasteiger partial charge on any atom is 0.229 e. The summed E-state index contributed by atoms with van der Waals surface area (Å²) >= 11 is 2.17. The van der Waals surface area contributed by atoms with Gasteiger partial charge in [0.2, 0.25) is 10.0 Å². The van der Waals surface area contributed by atoms with E-state index in [1.807, 2.05) is 12.1 Å². The van der Waals surface area contributed by atoms with Gasteiger partial charge in [-0.05, 0) is 53.6 Å². The molecule has 0 atom stereocenters. The highest BCUT2D eigenvalue weighted by atomic mass is 127. The minimum Gasteiger partial charge on any atom is -0.488 e. The summed E-state index contributed by atoms with van der Waals surface area (Å²) in [7, 11) is -3.26. The van der Waals surface area contributed by atoms with E-state index in [1.165, 1.54) is 0 Å². The number of ether oxygens (including phenoxy) is 1. The molecule has 0 aliphatic heterocycles. The van der Waals surface area contributed by atoms with E-state index in [9.17, 15) is 8.42 Å². The van der Waals surface area contributed by atoms with E-state index in [0.717, 1.165) is 22.7 Å². The Bertz CT molecular complexity index is 497. The summed E-state index contributed by atoms with van der Waals surface area (Å²) in [6.07, 6.45) is 3.47. The average Bonchev–Trinajstić information content (AvgIpc) is 2.91. The zero-order valence-corrected chi connectivity index (χ0v) is 11.7. The molecule has 1 N–H and O–H groups in total. The van der Waals surface area contributed by atoms with Crippen LogP contribution in [0.2, 0.25) is 0 Å². The Hall–Kier alpha value is -0.500. The fourth-order valence-corrected chi connectivity index (χ4v) is 2.27. The standard InChI is InChI=1S/C10H12INO3S/c1-16(13,14)12-9-5-2-7(11)6-10(9)15-8-3-4-8/h2,5-6,8,12H,3-4H2,1H3. The van der Waals surface area contributed by atoms with Crippen LogP contribution in [0, 0.1) is 3.57 Å². The number of hydrogen-bond donors (Lipinski definition) is 1. The number of rotatable bonds is 4. The highest BCUT2D eigenvalue weighted by Crippen LogP contribution is 2.33.